The van der Waals surface area contributed by atoms with E-state index >= 15 is 0 Å². The summed E-state index contributed by atoms with van der Waals surface area (Å²) < 4.78 is 1.36. The first-order chi connectivity index (χ1) is 8.28. The van der Waals surface area contributed by atoms with Crippen LogP contribution in [0, 0.1) is 5.92 Å². The van der Waals surface area contributed by atoms with Gasteiger partial charge in [-0.1, -0.05) is 0 Å². The van der Waals surface area contributed by atoms with Crippen LogP contribution < -0.4 is 16.7 Å². The van der Waals surface area contributed by atoms with Gasteiger partial charge in [-0.3, -0.25) is 0 Å². The Hall–Kier alpha value is -1.89. The van der Waals surface area contributed by atoms with Gasteiger partial charge in [0, 0.05) is 18.7 Å². The van der Waals surface area contributed by atoms with Crippen LogP contribution >= 0.6 is 0 Å². The van der Waals surface area contributed by atoms with E-state index in [0.717, 1.165) is 0 Å². The van der Waals surface area contributed by atoms with Gasteiger partial charge in [-0.05, 0) is 18.8 Å². The fourth-order valence-corrected chi connectivity index (χ4v) is 1.95. The third kappa shape index (κ3) is 1.89. The predicted octanol–water partition coefficient (Wildman–Crippen LogP) is -0.433. The summed E-state index contributed by atoms with van der Waals surface area (Å²) >= 11 is 0. The van der Waals surface area contributed by atoms with Gasteiger partial charge in [-0.2, -0.15) is 5.10 Å². The molecule has 1 unspecified atom stereocenters. The van der Waals surface area contributed by atoms with E-state index in [2.05, 4.69) is 20.5 Å². The van der Waals surface area contributed by atoms with Crippen molar-refractivity contribution in [1.82, 2.24) is 19.6 Å². The summed E-state index contributed by atoms with van der Waals surface area (Å²) in [5, 5.41) is 9.54. The maximum atomic E-state index is 11.3. The van der Waals surface area contributed by atoms with Crippen molar-refractivity contribution in [1.29, 1.82) is 0 Å². The first kappa shape index (κ1) is 10.3. The molecule has 1 aliphatic carbocycles. The van der Waals surface area contributed by atoms with Crippen molar-refractivity contribution < 1.29 is 0 Å². The number of nitrogens with zero attached hydrogens (tertiary/aromatic N) is 3. The lowest BCUT2D eigenvalue weighted by Gasteiger charge is -2.16. The van der Waals surface area contributed by atoms with Gasteiger partial charge in [-0.15, -0.1) is 0 Å². The van der Waals surface area contributed by atoms with Crippen LogP contribution in [0.5, 0.6) is 0 Å². The molecule has 1 aliphatic rings. The second-order valence-corrected chi connectivity index (χ2v) is 4.36. The highest BCUT2D eigenvalue weighted by Crippen LogP contribution is 2.33. The SMILES string of the molecule is NCC(Nc1cc2n[nH]c(=O)n2cn1)C1CC1. The first-order valence-electron chi connectivity index (χ1n) is 5.67. The quantitative estimate of drug-likeness (QED) is 0.666. The van der Waals surface area contributed by atoms with Crippen LogP contribution in [-0.2, 0) is 0 Å². The summed E-state index contributed by atoms with van der Waals surface area (Å²) in [5.41, 5.74) is 5.98. The Kier molecular flexibility index (Phi) is 2.32. The summed E-state index contributed by atoms with van der Waals surface area (Å²) in [6, 6.07) is 2.00. The molecule has 3 rings (SSSR count). The Morgan fingerprint density at radius 3 is 3.18 bits per heavy atom. The lowest BCUT2D eigenvalue weighted by molar-refractivity contribution is 0.642. The lowest BCUT2D eigenvalue weighted by atomic mass is 10.2. The molecule has 90 valence electrons. The number of H-pyrrole nitrogens is 1. The summed E-state index contributed by atoms with van der Waals surface area (Å²) in [5.74, 6) is 1.36. The highest BCUT2D eigenvalue weighted by Gasteiger charge is 2.30. The molecule has 0 amide bonds. The molecule has 0 saturated heterocycles. The molecule has 0 radical (unpaired) electrons. The third-order valence-electron chi connectivity index (χ3n) is 3.09. The van der Waals surface area contributed by atoms with E-state index in [9.17, 15) is 4.79 Å². The minimum atomic E-state index is -0.281. The normalized spacial score (nSPS) is 17.2. The maximum absolute atomic E-state index is 11.3. The molecule has 2 aromatic rings. The van der Waals surface area contributed by atoms with Crippen LogP contribution in [0.25, 0.3) is 5.65 Å². The number of hydrogen-bond acceptors (Lipinski definition) is 5. The molecule has 4 N–H and O–H groups in total. The summed E-state index contributed by atoms with van der Waals surface area (Å²) in [6.45, 7) is 0.588. The van der Waals surface area contributed by atoms with Crippen molar-refractivity contribution >= 4 is 11.5 Å². The van der Waals surface area contributed by atoms with Gasteiger partial charge in [0.25, 0.3) is 0 Å². The van der Waals surface area contributed by atoms with Gasteiger partial charge in [0.2, 0.25) is 0 Å². The van der Waals surface area contributed by atoms with Crippen molar-refractivity contribution in [2.24, 2.45) is 11.7 Å². The van der Waals surface area contributed by atoms with E-state index in [-0.39, 0.29) is 11.7 Å². The number of nitrogens with one attached hydrogen (secondary N) is 2. The van der Waals surface area contributed by atoms with Crippen LogP contribution in [0.15, 0.2) is 17.2 Å². The van der Waals surface area contributed by atoms with Crippen LogP contribution in [-0.4, -0.2) is 32.2 Å². The predicted molar refractivity (Wildman–Crippen MR) is 62.8 cm³/mol. The van der Waals surface area contributed by atoms with E-state index in [0.29, 0.717) is 23.9 Å². The lowest BCUT2D eigenvalue weighted by Crippen LogP contribution is -2.31. The molecule has 1 saturated carbocycles. The summed E-state index contributed by atoms with van der Waals surface area (Å²) in [4.78, 5) is 15.4. The molecule has 0 aromatic carbocycles. The number of fused-ring (bicyclic) bond motifs is 1. The van der Waals surface area contributed by atoms with Gasteiger partial charge in [-0.25, -0.2) is 19.3 Å². The fraction of sp³-hybridized carbons (Fsp3) is 0.500. The second kappa shape index (κ2) is 3.85. The zero-order chi connectivity index (χ0) is 11.8. The number of nitrogens with two attached hydrogens (primary N) is 1. The number of hydrogen-bond donors (Lipinski definition) is 3. The van der Waals surface area contributed by atoms with Crippen LogP contribution in [0.3, 0.4) is 0 Å². The summed E-state index contributed by atoms with van der Waals surface area (Å²) in [7, 11) is 0. The molecule has 7 heteroatoms. The van der Waals surface area contributed by atoms with Gasteiger partial charge >= 0.3 is 5.69 Å². The summed E-state index contributed by atoms with van der Waals surface area (Å²) in [6.07, 6.45) is 3.90. The van der Waals surface area contributed by atoms with Gasteiger partial charge < -0.3 is 11.1 Å². The van der Waals surface area contributed by atoms with Crippen LogP contribution in [0.2, 0.25) is 0 Å². The second-order valence-electron chi connectivity index (χ2n) is 4.36. The Morgan fingerprint density at radius 2 is 2.47 bits per heavy atom. The van der Waals surface area contributed by atoms with Crippen molar-refractivity contribution in [3.8, 4) is 0 Å². The first-order valence-corrected chi connectivity index (χ1v) is 5.67. The molecule has 2 aromatic heterocycles. The van der Waals surface area contributed by atoms with Crippen LogP contribution in [0.1, 0.15) is 12.8 Å². The minimum absolute atomic E-state index is 0.260. The molecule has 1 fully saturated rings. The Bertz CT molecular complexity index is 584. The van der Waals surface area contributed by atoms with Crippen molar-refractivity contribution in [3.05, 3.63) is 22.9 Å². The minimum Gasteiger partial charge on any atom is -0.366 e. The van der Waals surface area contributed by atoms with E-state index in [1.807, 2.05) is 0 Å². The monoisotopic (exact) mass is 234 g/mol. The standard InChI is InChI=1S/C10H14N6O/c11-4-7(6-1-2-6)13-8-3-9-14-15-10(17)16(9)5-12-8/h3,5-7,13H,1-2,4,11H2,(H,15,17). The highest BCUT2D eigenvalue weighted by atomic mass is 16.1. The molecule has 0 aliphatic heterocycles. The Balaban J connectivity index is 1.87. The molecule has 17 heavy (non-hydrogen) atoms. The molecule has 2 heterocycles. The highest BCUT2D eigenvalue weighted by molar-refractivity contribution is 5.48. The third-order valence-corrected chi connectivity index (χ3v) is 3.09. The fourth-order valence-electron chi connectivity index (χ4n) is 1.95. The van der Waals surface area contributed by atoms with E-state index in [4.69, 9.17) is 5.73 Å². The van der Waals surface area contributed by atoms with E-state index in [1.165, 1.54) is 23.6 Å². The van der Waals surface area contributed by atoms with E-state index in [1.54, 1.807) is 6.07 Å². The number of aromatic nitrogens is 4. The number of rotatable bonds is 4. The molecule has 0 bridgehead atoms. The topological polar surface area (TPSA) is 101 Å². The smallest absolute Gasteiger partial charge is 0.348 e. The molecular weight excluding hydrogens is 220 g/mol. The van der Waals surface area contributed by atoms with Gasteiger partial charge in [0.05, 0.1) is 0 Å². The number of anilines is 1. The molecule has 1 atom stereocenters. The van der Waals surface area contributed by atoms with Gasteiger partial charge in [0.15, 0.2) is 5.65 Å². The van der Waals surface area contributed by atoms with Crippen LogP contribution in [0.4, 0.5) is 5.82 Å². The van der Waals surface area contributed by atoms with Gasteiger partial charge in [0.1, 0.15) is 12.1 Å². The van der Waals surface area contributed by atoms with Crippen molar-refractivity contribution in [3.63, 3.8) is 0 Å². The maximum Gasteiger partial charge on any atom is 0.348 e. The average molecular weight is 234 g/mol. The number of aromatic amines is 1. The average Bonchev–Trinajstić information content (AvgIpc) is 3.12. The zero-order valence-corrected chi connectivity index (χ0v) is 9.26. The molecule has 7 nitrogen and oxygen atoms in total. The molecular formula is C10H14N6O. The molecule has 0 spiro atoms. The van der Waals surface area contributed by atoms with E-state index < -0.39 is 0 Å². The zero-order valence-electron chi connectivity index (χ0n) is 9.26. The Morgan fingerprint density at radius 1 is 1.65 bits per heavy atom. The van der Waals surface area contributed by atoms with Crippen molar-refractivity contribution in [2.45, 2.75) is 18.9 Å². The Labute approximate surface area is 97.0 Å². The van der Waals surface area contributed by atoms with Crippen molar-refractivity contribution in [2.75, 3.05) is 11.9 Å². The largest absolute Gasteiger partial charge is 0.366 e.